The molecule has 1 fully saturated rings. The number of aromatic nitrogens is 2. The summed E-state index contributed by atoms with van der Waals surface area (Å²) in [5.41, 5.74) is 7.74. The van der Waals surface area contributed by atoms with Crippen molar-refractivity contribution < 1.29 is 4.74 Å². The van der Waals surface area contributed by atoms with E-state index in [2.05, 4.69) is 5.10 Å². The van der Waals surface area contributed by atoms with Gasteiger partial charge in [0.1, 0.15) is 0 Å². The Labute approximate surface area is 107 Å². The summed E-state index contributed by atoms with van der Waals surface area (Å²) in [5.74, 6) is 0. The van der Waals surface area contributed by atoms with Crippen LogP contribution in [0.25, 0.3) is 10.9 Å². The number of aryl methyl sites for hydroxylation is 1. The summed E-state index contributed by atoms with van der Waals surface area (Å²) in [6, 6.07) is 5.93. The Morgan fingerprint density at radius 1 is 1.44 bits per heavy atom. The van der Waals surface area contributed by atoms with Gasteiger partial charge in [0.25, 0.3) is 0 Å². The average Bonchev–Trinajstić information content (AvgIpc) is 2.99. The van der Waals surface area contributed by atoms with Gasteiger partial charge in [0.05, 0.1) is 17.8 Å². The summed E-state index contributed by atoms with van der Waals surface area (Å²) >= 11 is 0. The van der Waals surface area contributed by atoms with Gasteiger partial charge in [-0.3, -0.25) is 4.68 Å². The molecule has 4 nitrogen and oxygen atoms in total. The van der Waals surface area contributed by atoms with Crippen LogP contribution in [0.3, 0.4) is 0 Å². The van der Waals surface area contributed by atoms with E-state index in [4.69, 9.17) is 10.5 Å². The van der Waals surface area contributed by atoms with E-state index in [1.165, 1.54) is 12.8 Å². The van der Waals surface area contributed by atoms with Crippen LogP contribution < -0.4 is 5.73 Å². The van der Waals surface area contributed by atoms with Gasteiger partial charge in [-0.1, -0.05) is 0 Å². The summed E-state index contributed by atoms with van der Waals surface area (Å²) in [5, 5.41) is 5.57. The lowest BCUT2D eigenvalue weighted by Crippen LogP contribution is -2.07. The molecular weight excluding hydrogens is 226 g/mol. The molecule has 1 unspecified atom stereocenters. The van der Waals surface area contributed by atoms with E-state index in [0.29, 0.717) is 6.10 Å². The molecule has 0 saturated carbocycles. The molecule has 4 heteroatoms. The lowest BCUT2D eigenvalue weighted by atomic mass is 10.1. The second-order valence-electron chi connectivity index (χ2n) is 4.96. The van der Waals surface area contributed by atoms with Crippen LogP contribution in [0.1, 0.15) is 25.7 Å². The van der Waals surface area contributed by atoms with Gasteiger partial charge >= 0.3 is 0 Å². The van der Waals surface area contributed by atoms with Gasteiger partial charge in [-0.15, -0.1) is 0 Å². The molecule has 0 spiro atoms. The van der Waals surface area contributed by atoms with Crippen molar-refractivity contribution in [3.8, 4) is 0 Å². The van der Waals surface area contributed by atoms with Crippen molar-refractivity contribution in [2.75, 3.05) is 12.3 Å². The molecule has 96 valence electrons. The van der Waals surface area contributed by atoms with Crippen LogP contribution in [0, 0.1) is 0 Å². The SMILES string of the molecule is Nc1ccc2cnn(CCCC3CCCO3)c2c1. The minimum absolute atomic E-state index is 0.469. The van der Waals surface area contributed by atoms with Crippen molar-refractivity contribution in [2.24, 2.45) is 0 Å². The molecule has 1 aromatic heterocycles. The molecule has 2 N–H and O–H groups in total. The number of nitrogens with two attached hydrogens (primary N) is 1. The van der Waals surface area contributed by atoms with Crippen LogP contribution in [0.2, 0.25) is 0 Å². The van der Waals surface area contributed by atoms with Gasteiger partial charge in [-0.2, -0.15) is 5.10 Å². The van der Waals surface area contributed by atoms with Gasteiger partial charge in [-0.05, 0) is 43.9 Å². The standard InChI is InChI=1S/C14H19N3O/c15-12-6-5-11-10-16-17(14(11)9-12)7-1-3-13-4-2-8-18-13/h5-6,9-10,13H,1-4,7-8,15H2. The number of anilines is 1. The Balaban J connectivity index is 1.65. The molecule has 1 saturated heterocycles. The van der Waals surface area contributed by atoms with Gasteiger partial charge < -0.3 is 10.5 Å². The van der Waals surface area contributed by atoms with E-state index in [1.54, 1.807) is 0 Å². The Morgan fingerprint density at radius 3 is 3.22 bits per heavy atom. The van der Waals surface area contributed by atoms with Crippen molar-refractivity contribution in [3.63, 3.8) is 0 Å². The summed E-state index contributed by atoms with van der Waals surface area (Å²) in [4.78, 5) is 0. The van der Waals surface area contributed by atoms with Crippen LogP contribution in [0.15, 0.2) is 24.4 Å². The number of benzene rings is 1. The van der Waals surface area contributed by atoms with Crippen LogP contribution in [0.5, 0.6) is 0 Å². The maximum absolute atomic E-state index is 5.82. The van der Waals surface area contributed by atoms with Crippen LogP contribution in [0.4, 0.5) is 5.69 Å². The number of ether oxygens (including phenoxy) is 1. The molecule has 0 bridgehead atoms. The largest absolute Gasteiger partial charge is 0.399 e. The Hall–Kier alpha value is -1.55. The highest BCUT2D eigenvalue weighted by Gasteiger charge is 2.14. The molecule has 2 heterocycles. The average molecular weight is 245 g/mol. The minimum atomic E-state index is 0.469. The molecule has 0 amide bonds. The molecule has 18 heavy (non-hydrogen) atoms. The third kappa shape index (κ3) is 2.34. The van der Waals surface area contributed by atoms with E-state index in [-0.39, 0.29) is 0 Å². The number of hydrogen-bond donors (Lipinski definition) is 1. The second kappa shape index (κ2) is 4.98. The molecule has 1 atom stereocenters. The molecule has 0 aliphatic carbocycles. The first-order valence-corrected chi connectivity index (χ1v) is 6.65. The van der Waals surface area contributed by atoms with E-state index in [1.807, 2.05) is 29.1 Å². The van der Waals surface area contributed by atoms with Crippen molar-refractivity contribution in [2.45, 2.75) is 38.3 Å². The van der Waals surface area contributed by atoms with E-state index in [0.717, 1.165) is 42.6 Å². The van der Waals surface area contributed by atoms with Crippen LogP contribution in [-0.4, -0.2) is 22.5 Å². The molecule has 0 radical (unpaired) electrons. The van der Waals surface area contributed by atoms with Crippen LogP contribution in [-0.2, 0) is 11.3 Å². The first-order valence-electron chi connectivity index (χ1n) is 6.65. The number of nitrogen functional groups attached to an aromatic ring is 1. The highest BCUT2D eigenvalue weighted by atomic mass is 16.5. The first kappa shape index (κ1) is 11.5. The topological polar surface area (TPSA) is 53.1 Å². The molecule has 3 rings (SSSR count). The zero-order valence-corrected chi connectivity index (χ0v) is 10.5. The number of fused-ring (bicyclic) bond motifs is 1. The highest BCUT2D eigenvalue weighted by molar-refractivity contribution is 5.81. The van der Waals surface area contributed by atoms with Crippen LogP contribution >= 0.6 is 0 Å². The lowest BCUT2D eigenvalue weighted by molar-refractivity contribution is 0.101. The van der Waals surface area contributed by atoms with Crippen molar-refractivity contribution >= 4 is 16.6 Å². The third-order valence-electron chi connectivity index (χ3n) is 3.59. The fourth-order valence-corrected chi connectivity index (χ4v) is 2.61. The van der Waals surface area contributed by atoms with Gasteiger partial charge in [0, 0.05) is 24.2 Å². The first-order chi connectivity index (χ1) is 8.83. The van der Waals surface area contributed by atoms with Crippen molar-refractivity contribution in [3.05, 3.63) is 24.4 Å². The predicted octanol–water partition coefficient (Wildman–Crippen LogP) is 2.58. The third-order valence-corrected chi connectivity index (χ3v) is 3.59. The summed E-state index contributed by atoms with van der Waals surface area (Å²) < 4.78 is 7.67. The van der Waals surface area contributed by atoms with Crippen molar-refractivity contribution in [1.82, 2.24) is 9.78 Å². The Morgan fingerprint density at radius 2 is 2.39 bits per heavy atom. The normalized spacial score (nSPS) is 19.7. The lowest BCUT2D eigenvalue weighted by Gasteiger charge is -2.09. The summed E-state index contributed by atoms with van der Waals surface area (Å²) in [6.45, 7) is 1.87. The number of nitrogens with zero attached hydrogens (tertiary/aromatic N) is 2. The molecular formula is C14H19N3O. The highest BCUT2D eigenvalue weighted by Crippen LogP contribution is 2.20. The maximum Gasteiger partial charge on any atom is 0.0702 e. The monoisotopic (exact) mass is 245 g/mol. The molecule has 1 aromatic carbocycles. The van der Waals surface area contributed by atoms with Gasteiger partial charge in [0.15, 0.2) is 0 Å². The van der Waals surface area contributed by atoms with Gasteiger partial charge in [-0.25, -0.2) is 0 Å². The van der Waals surface area contributed by atoms with E-state index in [9.17, 15) is 0 Å². The molecule has 1 aliphatic heterocycles. The predicted molar refractivity (Wildman–Crippen MR) is 72.4 cm³/mol. The molecule has 2 aromatic rings. The maximum atomic E-state index is 5.82. The second-order valence-corrected chi connectivity index (χ2v) is 4.96. The zero-order valence-electron chi connectivity index (χ0n) is 10.5. The Kier molecular flexibility index (Phi) is 3.19. The summed E-state index contributed by atoms with van der Waals surface area (Å²) in [7, 11) is 0. The fraction of sp³-hybridized carbons (Fsp3) is 0.500. The number of rotatable bonds is 4. The fourth-order valence-electron chi connectivity index (χ4n) is 2.61. The molecule has 1 aliphatic rings. The van der Waals surface area contributed by atoms with E-state index < -0.39 is 0 Å². The quantitative estimate of drug-likeness (QED) is 0.842. The zero-order chi connectivity index (χ0) is 12.4. The smallest absolute Gasteiger partial charge is 0.0702 e. The summed E-state index contributed by atoms with van der Waals surface area (Å²) in [6.07, 6.45) is 7.04. The van der Waals surface area contributed by atoms with E-state index >= 15 is 0 Å². The minimum Gasteiger partial charge on any atom is -0.399 e. The van der Waals surface area contributed by atoms with Gasteiger partial charge in [0.2, 0.25) is 0 Å². The Bertz CT molecular complexity index is 529. The number of hydrogen-bond acceptors (Lipinski definition) is 3. The van der Waals surface area contributed by atoms with Crippen molar-refractivity contribution in [1.29, 1.82) is 0 Å².